The Morgan fingerprint density at radius 2 is 2.21 bits per heavy atom. The Morgan fingerprint density at radius 3 is 2.88 bits per heavy atom. The van der Waals surface area contributed by atoms with Crippen LogP contribution in [-0.2, 0) is 4.79 Å². The lowest BCUT2D eigenvalue weighted by molar-refractivity contribution is -0.117. The van der Waals surface area contributed by atoms with E-state index in [4.69, 9.17) is 5.73 Å². The number of rotatable bonds is 3. The quantitative estimate of drug-likeness (QED) is 0.646. The molecule has 4 rings (SSSR count). The summed E-state index contributed by atoms with van der Waals surface area (Å²) in [6.45, 7) is 2.00. The van der Waals surface area contributed by atoms with Gasteiger partial charge in [0, 0.05) is 34.7 Å². The molecule has 2 aromatic heterocycles. The maximum atomic E-state index is 13.0. The summed E-state index contributed by atoms with van der Waals surface area (Å²) in [6, 6.07) is 7.68. The fraction of sp³-hybridized carbons (Fsp3) is 0.222. The van der Waals surface area contributed by atoms with E-state index in [0.29, 0.717) is 17.9 Å². The minimum absolute atomic E-state index is 0.295. The highest BCUT2D eigenvalue weighted by molar-refractivity contribution is 6.00. The minimum atomic E-state index is -1.02. The number of alkyl halides is 1. The van der Waals surface area contributed by atoms with Crippen LogP contribution in [0.5, 0.6) is 0 Å². The summed E-state index contributed by atoms with van der Waals surface area (Å²) in [5, 5.41) is 4.37. The van der Waals surface area contributed by atoms with Crippen LogP contribution in [0.4, 0.5) is 15.9 Å². The zero-order valence-electron chi connectivity index (χ0n) is 13.1. The van der Waals surface area contributed by atoms with Gasteiger partial charge < -0.3 is 16.0 Å². The number of nitrogens with one attached hydrogen (secondary N) is 2. The predicted octanol–water partition coefficient (Wildman–Crippen LogP) is 3.42. The summed E-state index contributed by atoms with van der Waals surface area (Å²) < 4.78 is 13.0. The first-order chi connectivity index (χ1) is 11.5. The third-order valence-corrected chi connectivity index (χ3v) is 4.43. The number of H-pyrrole nitrogens is 1. The zero-order chi connectivity index (χ0) is 16.8. The largest absolute Gasteiger partial charge is 0.398 e. The van der Waals surface area contributed by atoms with Crippen molar-refractivity contribution in [2.75, 3.05) is 11.1 Å². The molecule has 4 N–H and O–H groups in total. The molecule has 0 unspecified atom stereocenters. The van der Waals surface area contributed by atoms with Crippen molar-refractivity contribution in [3.8, 4) is 11.1 Å². The number of benzene rings is 1. The average Bonchev–Trinajstić information content (AvgIpc) is 3.12. The molecule has 0 radical (unpaired) electrons. The second kappa shape index (κ2) is 5.33. The van der Waals surface area contributed by atoms with Gasteiger partial charge in [0.05, 0.1) is 5.92 Å². The lowest BCUT2D eigenvalue weighted by atomic mass is 10.0. The number of hydrogen-bond donors (Lipinski definition) is 3. The lowest BCUT2D eigenvalue weighted by Gasteiger charge is -2.09. The first-order valence-electron chi connectivity index (χ1n) is 7.81. The average molecular weight is 324 g/mol. The fourth-order valence-electron chi connectivity index (χ4n) is 2.93. The molecular formula is C18H17FN4O. The van der Waals surface area contributed by atoms with E-state index in [0.717, 1.165) is 27.6 Å². The van der Waals surface area contributed by atoms with Gasteiger partial charge in [-0.15, -0.1) is 0 Å². The molecule has 2 atom stereocenters. The summed E-state index contributed by atoms with van der Waals surface area (Å²) in [7, 11) is 0. The summed E-state index contributed by atoms with van der Waals surface area (Å²) >= 11 is 0. The predicted molar refractivity (Wildman–Crippen MR) is 92.3 cm³/mol. The molecule has 1 aliphatic carbocycles. The monoisotopic (exact) mass is 324 g/mol. The number of nitrogen functional groups attached to an aromatic ring is 1. The molecule has 1 amide bonds. The molecular weight excluding hydrogens is 307 g/mol. The minimum Gasteiger partial charge on any atom is -0.398 e. The van der Waals surface area contributed by atoms with Crippen molar-refractivity contribution < 1.29 is 9.18 Å². The second-order valence-corrected chi connectivity index (χ2v) is 6.22. The summed E-state index contributed by atoms with van der Waals surface area (Å²) in [5.41, 5.74) is 9.90. The maximum absolute atomic E-state index is 13.0. The number of hydrogen-bond acceptors (Lipinski definition) is 3. The number of carbonyl (C=O) groups is 1. The highest BCUT2D eigenvalue weighted by Crippen LogP contribution is 2.35. The van der Waals surface area contributed by atoms with Crippen LogP contribution in [0.3, 0.4) is 0 Å². The van der Waals surface area contributed by atoms with E-state index in [1.807, 2.05) is 31.3 Å². The van der Waals surface area contributed by atoms with E-state index < -0.39 is 12.1 Å². The van der Waals surface area contributed by atoms with Gasteiger partial charge >= 0.3 is 0 Å². The van der Waals surface area contributed by atoms with Gasteiger partial charge in [-0.1, -0.05) is 0 Å². The van der Waals surface area contributed by atoms with Crippen molar-refractivity contribution >= 4 is 28.2 Å². The summed E-state index contributed by atoms with van der Waals surface area (Å²) in [4.78, 5) is 19.2. The molecule has 122 valence electrons. The molecule has 0 saturated heterocycles. The molecule has 3 aromatic rings. The molecule has 1 fully saturated rings. The van der Waals surface area contributed by atoms with E-state index in [-0.39, 0.29) is 5.91 Å². The van der Waals surface area contributed by atoms with Crippen LogP contribution in [0, 0.1) is 12.8 Å². The third-order valence-electron chi connectivity index (χ3n) is 4.43. The smallest absolute Gasteiger partial charge is 0.231 e. The molecule has 0 spiro atoms. The van der Waals surface area contributed by atoms with E-state index in [1.165, 1.54) is 0 Å². The number of aromatic nitrogens is 2. The normalized spacial score (nSPS) is 19.4. The first-order valence-corrected chi connectivity index (χ1v) is 7.81. The Kier molecular flexibility index (Phi) is 3.26. The van der Waals surface area contributed by atoms with Crippen LogP contribution >= 0.6 is 0 Å². The number of nitrogens with two attached hydrogens (primary N) is 1. The molecule has 5 nitrogen and oxygen atoms in total. The van der Waals surface area contributed by atoms with Crippen LogP contribution in [0.25, 0.3) is 21.9 Å². The van der Waals surface area contributed by atoms with Crippen molar-refractivity contribution in [2.24, 2.45) is 5.92 Å². The number of aromatic amines is 1. The van der Waals surface area contributed by atoms with E-state index in [1.54, 1.807) is 12.3 Å². The number of pyridine rings is 1. The van der Waals surface area contributed by atoms with Crippen LogP contribution in [0.15, 0.2) is 36.7 Å². The molecule has 0 bridgehead atoms. The number of aryl methyl sites for hydroxylation is 1. The van der Waals surface area contributed by atoms with Gasteiger partial charge in [0.15, 0.2) is 0 Å². The van der Waals surface area contributed by atoms with Crippen LogP contribution < -0.4 is 11.1 Å². The molecule has 1 aliphatic rings. The van der Waals surface area contributed by atoms with E-state index in [2.05, 4.69) is 15.3 Å². The number of carbonyl (C=O) groups excluding carboxylic acids is 1. The van der Waals surface area contributed by atoms with Gasteiger partial charge in [-0.3, -0.25) is 4.79 Å². The van der Waals surface area contributed by atoms with Crippen molar-refractivity contribution in [3.63, 3.8) is 0 Å². The molecule has 24 heavy (non-hydrogen) atoms. The van der Waals surface area contributed by atoms with Gasteiger partial charge in [-0.25, -0.2) is 9.37 Å². The Bertz CT molecular complexity index is 949. The molecule has 2 heterocycles. The van der Waals surface area contributed by atoms with Gasteiger partial charge in [0.1, 0.15) is 12.0 Å². The Hall–Kier alpha value is -2.89. The molecule has 1 aromatic carbocycles. The number of nitrogens with zero attached hydrogens (tertiary/aromatic N) is 1. The highest BCUT2D eigenvalue weighted by atomic mass is 19.1. The van der Waals surface area contributed by atoms with Crippen molar-refractivity contribution in [3.05, 3.63) is 42.4 Å². The maximum Gasteiger partial charge on any atom is 0.231 e. The Balaban J connectivity index is 1.72. The summed E-state index contributed by atoms with van der Waals surface area (Å²) in [5.74, 6) is -0.449. The zero-order valence-corrected chi connectivity index (χ0v) is 13.1. The number of amides is 1. The van der Waals surface area contributed by atoms with Gasteiger partial charge in [0.2, 0.25) is 5.91 Å². The van der Waals surface area contributed by atoms with Gasteiger partial charge in [0.25, 0.3) is 0 Å². The van der Waals surface area contributed by atoms with Crippen LogP contribution in [0.2, 0.25) is 0 Å². The molecule has 6 heteroatoms. The third kappa shape index (κ3) is 2.50. The van der Waals surface area contributed by atoms with Crippen molar-refractivity contribution in [2.45, 2.75) is 19.5 Å². The van der Waals surface area contributed by atoms with E-state index >= 15 is 0 Å². The van der Waals surface area contributed by atoms with Gasteiger partial charge in [-0.2, -0.15) is 0 Å². The number of halogens is 1. The molecule has 1 saturated carbocycles. The summed E-state index contributed by atoms with van der Waals surface area (Å²) in [6.07, 6.45) is 2.79. The van der Waals surface area contributed by atoms with Crippen molar-refractivity contribution in [1.29, 1.82) is 0 Å². The van der Waals surface area contributed by atoms with Gasteiger partial charge in [-0.05, 0) is 48.6 Å². The number of anilines is 2. The lowest BCUT2D eigenvalue weighted by Crippen LogP contribution is -2.15. The van der Waals surface area contributed by atoms with E-state index in [9.17, 15) is 9.18 Å². The topological polar surface area (TPSA) is 83.8 Å². The second-order valence-electron chi connectivity index (χ2n) is 6.22. The Labute approximate surface area is 138 Å². The fourth-order valence-corrected chi connectivity index (χ4v) is 2.93. The van der Waals surface area contributed by atoms with Crippen LogP contribution in [0.1, 0.15) is 12.1 Å². The Morgan fingerprint density at radius 1 is 1.42 bits per heavy atom. The standard InChI is InChI=1S/C18H17FN4O/c1-9-12(2-3-21-9)10-4-11-6-17(22-8-14(11)16(20)5-10)23-18(24)13-7-15(13)19/h2-6,8,13,15,21H,7,20H2,1H3,(H,22,23,24)/t13-,15+/m1/s1. The van der Waals surface area contributed by atoms with Crippen LogP contribution in [-0.4, -0.2) is 22.0 Å². The number of fused-ring (bicyclic) bond motifs is 1. The molecule has 0 aliphatic heterocycles. The SMILES string of the molecule is Cc1[nH]ccc1-c1cc(N)c2cnc(NC(=O)[C@@H]3C[C@@H]3F)cc2c1. The van der Waals surface area contributed by atoms with Crippen molar-refractivity contribution in [1.82, 2.24) is 9.97 Å². The highest BCUT2D eigenvalue weighted by Gasteiger charge is 2.43. The first kappa shape index (κ1) is 14.7.